The van der Waals surface area contributed by atoms with E-state index in [-0.39, 0.29) is 40.6 Å². The van der Waals surface area contributed by atoms with Gasteiger partial charge in [-0.2, -0.15) is 0 Å². The van der Waals surface area contributed by atoms with Crippen molar-refractivity contribution in [2.45, 2.75) is 102 Å². The molecule has 0 bridgehead atoms. The average Bonchev–Trinajstić information content (AvgIpc) is 3.12. The highest BCUT2D eigenvalue weighted by atomic mass is 16.5. The number of phenols is 2. The molecule has 2 fully saturated rings. The lowest BCUT2D eigenvalue weighted by Gasteiger charge is -2.44. The summed E-state index contributed by atoms with van der Waals surface area (Å²) < 4.78 is 22.6. The van der Waals surface area contributed by atoms with Gasteiger partial charge < -0.3 is 39.4 Å². The van der Waals surface area contributed by atoms with E-state index in [0.717, 1.165) is 32.4 Å². The predicted octanol–water partition coefficient (Wildman–Crippen LogP) is 6.51. The number of hydrogen-bond acceptors (Lipinski definition) is 10. The van der Waals surface area contributed by atoms with Crippen molar-refractivity contribution in [3.8, 4) is 28.7 Å². The third-order valence-corrected chi connectivity index (χ3v) is 10.7. The van der Waals surface area contributed by atoms with Crippen molar-refractivity contribution in [3.05, 3.63) is 46.5 Å². The standard InChI is InChI=1S/C40H54N2O9/c1-25-12-10-16-29(43)15-7-5-6-13-26-20-32(44)37(38(46)36(26)40(47)51-25)30(28-21-33(48-2)39(50-4)34(22-28)49-3)23-35(45)41-24-27-14-11-19-42-18-9-8-17-31(27)42/h6,13,20-22,25,27,30-31,44,46H,5,7-12,14-19,23-24H2,1-4H3,(H,41,45). The predicted molar refractivity (Wildman–Crippen MR) is 194 cm³/mol. The van der Waals surface area contributed by atoms with Gasteiger partial charge in [0.05, 0.1) is 27.4 Å². The molecule has 2 aromatic rings. The van der Waals surface area contributed by atoms with Gasteiger partial charge in [-0.05, 0) is 107 Å². The zero-order valence-electron chi connectivity index (χ0n) is 30.5. The highest BCUT2D eigenvalue weighted by Crippen LogP contribution is 2.48. The fourth-order valence-corrected chi connectivity index (χ4v) is 8.03. The SMILES string of the molecule is COc1cc(C(CC(=O)NCC2CCCN3CCCCC23)c2c(O)cc3c(c2O)C(=O)OC(C)CCCC(=O)CCCC=C3)cc(OC)c1OC. The number of nitrogens with zero attached hydrogens (tertiary/aromatic N) is 1. The normalized spacial score (nSPS) is 22.5. The summed E-state index contributed by atoms with van der Waals surface area (Å²) in [6, 6.07) is 5.25. The first kappa shape index (κ1) is 38.0. The van der Waals surface area contributed by atoms with Gasteiger partial charge in [0.2, 0.25) is 11.7 Å². The summed E-state index contributed by atoms with van der Waals surface area (Å²) in [5.74, 6) is -1.15. The van der Waals surface area contributed by atoms with E-state index in [1.165, 1.54) is 40.2 Å². The fraction of sp³-hybridized carbons (Fsp3) is 0.575. The highest BCUT2D eigenvalue weighted by Gasteiger charge is 2.35. The number of hydrogen-bond donors (Lipinski definition) is 3. The van der Waals surface area contributed by atoms with Crippen LogP contribution in [0.4, 0.5) is 0 Å². The maximum Gasteiger partial charge on any atom is 0.342 e. The first-order chi connectivity index (χ1) is 24.6. The topological polar surface area (TPSA) is 144 Å². The van der Waals surface area contributed by atoms with E-state index in [4.69, 9.17) is 18.9 Å². The van der Waals surface area contributed by atoms with E-state index in [2.05, 4.69) is 10.2 Å². The molecule has 3 aliphatic rings. The Balaban J connectivity index is 1.54. The lowest BCUT2D eigenvalue weighted by molar-refractivity contribution is -0.122. The van der Waals surface area contributed by atoms with Crippen LogP contribution in [0.3, 0.4) is 0 Å². The Morgan fingerprint density at radius 1 is 0.941 bits per heavy atom. The number of allylic oxidation sites excluding steroid dienone is 1. The Morgan fingerprint density at radius 3 is 2.39 bits per heavy atom. The lowest BCUT2D eigenvalue weighted by Crippen LogP contribution is -2.51. The molecule has 4 unspecified atom stereocenters. The number of phenolic OH excluding ortho intramolecular Hbond substituents is 2. The highest BCUT2D eigenvalue weighted by molar-refractivity contribution is 5.98. The van der Waals surface area contributed by atoms with Crippen molar-refractivity contribution >= 4 is 23.7 Å². The molecule has 3 aliphatic heterocycles. The maximum atomic E-state index is 13.9. The minimum atomic E-state index is -0.921. The molecule has 5 rings (SSSR count). The summed E-state index contributed by atoms with van der Waals surface area (Å²) in [5, 5.41) is 26.8. The van der Waals surface area contributed by atoms with Crippen molar-refractivity contribution in [2.24, 2.45) is 5.92 Å². The summed E-state index contributed by atoms with van der Waals surface area (Å²) in [6.07, 6.45) is 11.7. The number of Topliss-reactive ketones (excluding diaryl/α,β-unsaturated/α-hetero) is 1. The van der Waals surface area contributed by atoms with Crippen LogP contribution >= 0.6 is 0 Å². The number of cyclic esters (lactones) is 1. The van der Waals surface area contributed by atoms with E-state index in [1.807, 2.05) is 6.08 Å². The molecule has 51 heavy (non-hydrogen) atoms. The Labute approximate surface area is 301 Å². The number of rotatable bonds is 9. The number of amides is 1. The van der Waals surface area contributed by atoms with Crippen LogP contribution < -0.4 is 19.5 Å². The largest absolute Gasteiger partial charge is 0.507 e. The number of fused-ring (bicyclic) bond motifs is 2. The van der Waals surface area contributed by atoms with Gasteiger partial charge in [-0.1, -0.05) is 18.6 Å². The Bertz CT molecular complexity index is 1560. The van der Waals surface area contributed by atoms with Gasteiger partial charge in [-0.25, -0.2) is 4.79 Å². The molecule has 2 aromatic carbocycles. The van der Waals surface area contributed by atoms with Gasteiger partial charge in [0.25, 0.3) is 0 Å². The smallest absolute Gasteiger partial charge is 0.342 e. The van der Waals surface area contributed by atoms with Crippen LogP contribution in [-0.4, -0.2) is 85.9 Å². The second-order valence-corrected chi connectivity index (χ2v) is 14.1. The van der Waals surface area contributed by atoms with Gasteiger partial charge in [-0.15, -0.1) is 0 Å². The number of aromatic hydroxyl groups is 2. The zero-order chi connectivity index (χ0) is 36.5. The van der Waals surface area contributed by atoms with Crippen LogP contribution in [0.25, 0.3) is 6.08 Å². The molecule has 0 aliphatic carbocycles. The molecule has 2 saturated heterocycles. The molecule has 0 radical (unpaired) electrons. The number of carbonyl (C=O) groups is 3. The Morgan fingerprint density at radius 2 is 1.67 bits per heavy atom. The van der Waals surface area contributed by atoms with Crippen molar-refractivity contribution in [2.75, 3.05) is 41.0 Å². The summed E-state index contributed by atoms with van der Waals surface area (Å²) >= 11 is 0. The first-order valence-corrected chi connectivity index (χ1v) is 18.4. The van der Waals surface area contributed by atoms with E-state index < -0.39 is 23.7 Å². The summed E-state index contributed by atoms with van der Waals surface area (Å²) in [5.41, 5.74) is 0.691. The minimum Gasteiger partial charge on any atom is -0.507 e. The number of carbonyl (C=O) groups excluding carboxylic acids is 3. The Hall–Kier alpha value is -4.25. The van der Waals surface area contributed by atoms with Crippen LogP contribution in [0, 0.1) is 5.92 Å². The third kappa shape index (κ3) is 9.16. The van der Waals surface area contributed by atoms with Crippen molar-refractivity contribution < 1.29 is 43.5 Å². The number of benzene rings is 2. The van der Waals surface area contributed by atoms with Gasteiger partial charge >= 0.3 is 5.97 Å². The number of methoxy groups -OCH3 is 3. The monoisotopic (exact) mass is 706 g/mol. The molecule has 1 amide bonds. The molecule has 11 heteroatoms. The Kier molecular flexibility index (Phi) is 13.3. The van der Waals surface area contributed by atoms with Crippen LogP contribution in [0.2, 0.25) is 0 Å². The molecule has 11 nitrogen and oxygen atoms in total. The van der Waals surface area contributed by atoms with Crippen molar-refractivity contribution in [3.63, 3.8) is 0 Å². The van der Waals surface area contributed by atoms with Crippen molar-refractivity contribution in [1.82, 2.24) is 10.2 Å². The van der Waals surface area contributed by atoms with Gasteiger partial charge in [-0.3, -0.25) is 9.59 Å². The van der Waals surface area contributed by atoms with Gasteiger partial charge in [0.15, 0.2) is 11.5 Å². The maximum absolute atomic E-state index is 13.9. The number of esters is 1. The fourth-order valence-electron chi connectivity index (χ4n) is 8.03. The van der Waals surface area contributed by atoms with Crippen LogP contribution in [0.15, 0.2) is 24.3 Å². The molecular weight excluding hydrogens is 652 g/mol. The van der Waals surface area contributed by atoms with Crippen LogP contribution in [-0.2, 0) is 14.3 Å². The summed E-state index contributed by atoms with van der Waals surface area (Å²) in [6.45, 7) is 4.49. The van der Waals surface area contributed by atoms with E-state index >= 15 is 0 Å². The second-order valence-electron chi connectivity index (χ2n) is 14.1. The van der Waals surface area contributed by atoms with E-state index in [9.17, 15) is 24.6 Å². The molecule has 3 heterocycles. The number of ether oxygens (including phenoxy) is 4. The van der Waals surface area contributed by atoms with E-state index in [0.29, 0.717) is 79.8 Å². The van der Waals surface area contributed by atoms with E-state index in [1.54, 1.807) is 25.1 Å². The zero-order valence-corrected chi connectivity index (χ0v) is 30.5. The molecule has 4 atom stereocenters. The first-order valence-electron chi connectivity index (χ1n) is 18.4. The molecular formula is C40H54N2O9. The number of nitrogens with one attached hydrogen (secondary N) is 1. The minimum absolute atomic E-state index is 0.0130. The summed E-state index contributed by atoms with van der Waals surface area (Å²) in [4.78, 5) is 42.5. The lowest BCUT2D eigenvalue weighted by atomic mass is 9.83. The van der Waals surface area contributed by atoms with Gasteiger partial charge in [0.1, 0.15) is 22.8 Å². The van der Waals surface area contributed by atoms with Crippen LogP contribution in [0.1, 0.15) is 117 Å². The van der Waals surface area contributed by atoms with Crippen LogP contribution in [0.5, 0.6) is 28.7 Å². The number of piperidine rings is 2. The number of ketones is 1. The average molecular weight is 707 g/mol. The third-order valence-electron chi connectivity index (χ3n) is 10.7. The molecule has 0 saturated carbocycles. The molecule has 0 aromatic heterocycles. The second kappa shape index (κ2) is 17.8. The molecule has 278 valence electrons. The molecule has 0 spiro atoms. The summed E-state index contributed by atoms with van der Waals surface area (Å²) in [7, 11) is 4.47. The van der Waals surface area contributed by atoms with Crippen molar-refractivity contribution in [1.29, 1.82) is 0 Å². The quantitative estimate of drug-likeness (QED) is 0.247. The van der Waals surface area contributed by atoms with Gasteiger partial charge in [0, 0.05) is 43.3 Å². The molecule has 3 N–H and O–H groups in total.